The number of phenolic OH excluding ortho intramolecular Hbond substituents is 1. The molecule has 0 saturated heterocycles. The van der Waals surface area contributed by atoms with Crippen LogP contribution < -0.4 is 4.74 Å². The predicted octanol–water partition coefficient (Wildman–Crippen LogP) is 5.60. The summed E-state index contributed by atoms with van der Waals surface area (Å²) in [6, 6.07) is 13.0. The van der Waals surface area contributed by atoms with Gasteiger partial charge in [-0.05, 0) is 44.2 Å². The van der Waals surface area contributed by atoms with Crippen LogP contribution in [0.25, 0.3) is 27.4 Å². The molecule has 5 aromatic rings. The molecule has 188 valence electrons. The Morgan fingerprint density at radius 2 is 1.86 bits per heavy atom. The summed E-state index contributed by atoms with van der Waals surface area (Å²) in [5.41, 5.74) is 1.12. The number of aryl methyl sites for hydroxylation is 1. The van der Waals surface area contributed by atoms with E-state index < -0.39 is 17.4 Å². The average molecular weight is 519 g/mol. The second kappa shape index (κ2) is 9.14. The number of nitrogens with zero attached hydrogens (tertiary/aromatic N) is 2. The molecule has 5 rings (SSSR count). The van der Waals surface area contributed by atoms with Gasteiger partial charge in [-0.2, -0.15) is 0 Å². The molecule has 3 heterocycles. The topological polar surface area (TPSA) is 135 Å². The van der Waals surface area contributed by atoms with Gasteiger partial charge in [0.15, 0.2) is 33.9 Å². The summed E-state index contributed by atoms with van der Waals surface area (Å²) in [4.78, 5) is 30.6. The van der Waals surface area contributed by atoms with Crippen molar-refractivity contribution in [3.8, 4) is 39.5 Å². The average Bonchev–Trinajstić information content (AvgIpc) is 3.54. The number of phenols is 1. The van der Waals surface area contributed by atoms with Gasteiger partial charge in [-0.1, -0.05) is 29.5 Å². The van der Waals surface area contributed by atoms with Crippen LogP contribution >= 0.6 is 11.3 Å². The van der Waals surface area contributed by atoms with Gasteiger partial charge in [0.05, 0.1) is 28.4 Å². The molecule has 0 aliphatic rings. The number of hydrogen-bond donors (Lipinski definition) is 3. The van der Waals surface area contributed by atoms with Crippen LogP contribution in [0.5, 0.6) is 23.1 Å². The highest BCUT2D eigenvalue weighted by molar-refractivity contribution is 7.16. The largest absolute Gasteiger partial charge is 0.504 e. The van der Waals surface area contributed by atoms with Gasteiger partial charge < -0.3 is 24.5 Å². The number of carbonyl (C=O) groups excluding carboxylic acids is 2. The van der Waals surface area contributed by atoms with Gasteiger partial charge in [-0.15, -0.1) is 0 Å². The van der Waals surface area contributed by atoms with Crippen molar-refractivity contribution in [2.45, 2.75) is 20.8 Å². The van der Waals surface area contributed by atoms with Crippen molar-refractivity contribution in [3.05, 3.63) is 70.4 Å². The SMILES string of the molecule is CCOc1cc(-c2c(C(=O)c3cc4ccccc4o3)c(O)c(O)n2-c2nc(C)c(C(C)=O)s2)ccc1O. The molecule has 0 spiro atoms. The van der Waals surface area contributed by atoms with E-state index in [1.165, 1.54) is 29.7 Å². The molecule has 2 aromatic carbocycles. The van der Waals surface area contributed by atoms with Crippen LogP contribution in [-0.4, -0.2) is 43.0 Å². The summed E-state index contributed by atoms with van der Waals surface area (Å²) in [5, 5.41) is 33.2. The second-order valence-electron chi connectivity index (χ2n) is 8.29. The fourth-order valence-electron chi connectivity index (χ4n) is 4.18. The van der Waals surface area contributed by atoms with Gasteiger partial charge in [0.25, 0.3) is 0 Å². The van der Waals surface area contributed by atoms with E-state index in [2.05, 4.69) is 4.98 Å². The van der Waals surface area contributed by atoms with Crippen molar-refractivity contribution in [2.24, 2.45) is 0 Å². The Hall–Kier alpha value is -4.57. The molecule has 3 N–H and O–H groups in total. The monoisotopic (exact) mass is 518 g/mol. The number of benzene rings is 2. The lowest BCUT2D eigenvalue weighted by molar-refractivity contribution is 0.100. The quantitative estimate of drug-likeness (QED) is 0.237. The van der Waals surface area contributed by atoms with E-state index in [-0.39, 0.29) is 46.0 Å². The fourth-order valence-corrected chi connectivity index (χ4v) is 5.15. The highest BCUT2D eigenvalue weighted by Crippen LogP contribution is 2.46. The van der Waals surface area contributed by atoms with Crippen LogP contribution in [0, 0.1) is 6.92 Å². The number of rotatable bonds is 7. The van der Waals surface area contributed by atoms with Gasteiger partial charge in [0.1, 0.15) is 5.58 Å². The van der Waals surface area contributed by atoms with Crippen molar-refractivity contribution < 1.29 is 34.1 Å². The number of ether oxygens (including phenoxy) is 1. The van der Waals surface area contributed by atoms with Gasteiger partial charge in [0, 0.05) is 17.9 Å². The van der Waals surface area contributed by atoms with Crippen molar-refractivity contribution in [1.82, 2.24) is 9.55 Å². The summed E-state index contributed by atoms with van der Waals surface area (Å²) in [6.07, 6.45) is 0. The lowest BCUT2D eigenvalue weighted by atomic mass is 10.0. The van der Waals surface area contributed by atoms with E-state index in [9.17, 15) is 24.9 Å². The van der Waals surface area contributed by atoms with Gasteiger partial charge in [-0.3, -0.25) is 14.2 Å². The van der Waals surface area contributed by atoms with Crippen LogP contribution in [0.2, 0.25) is 0 Å². The number of aromatic hydroxyl groups is 3. The molecule has 0 saturated carbocycles. The van der Waals surface area contributed by atoms with E-state index in [1.54, 1.807) is 44.2 Å². The molecule has 0 amide bonds. The maximum atomic E-state index is 13.8. The fraction of sp³-hybridized carbons (Fsp3) is 0.148. The van der Waals surface area contributed by atoms with Crippen LogP contribution in [0.4, 0.5) is 0 Å². The van der Waals surface area contributed by atoms with E-state index >= 15 is 0 Å². The zero-order valence-electron chi connectivity index (χ0n) is 20.1. The number of hydrogen-bond acceptors (Lipinski definition) is 9. The minimum absolute atomic E-state index is 0.0431. The first-order valence-electron chi connectivity index (χ1n) is 11.4. The Labute approximate surface area is 214 Å². The zero-order valence-corrected chi connectivity index (χ0v) is 20.9. The molecule has 0 atom stereocenters. The van der Waals surface area contributed by atoms with E-state index in [0.29, 0.717) is 27.1 Å². The Balaban J connectivity index is 1.80. The van der Waals surface area contributed by atoms with Gasteiger partial charge in [-0.25, -0.2) is 4.98 Å². The first kappa shape index (κ1) is 24.1. The first-order chi connectivity index (χ1) is 17.7. The van der Waals surface area contributed by atoms with E-state index in [1.807, 2.05) is 0 Å². The molecular formula is C27H22N2O7S. The number of furan rings is 1. The van der Waals surface area contributed by atoms with Gasteiger partial charge in [0.2, 0.25) is 11.7 Å². The third kappa shape index (κ3) is 4.01. The Kier molecular flexibility index (Phi) is 5.96. The summed E-state index contributed by atoms with van der Waals surface area (Å²) < 4.78 is 12.5. The number of aromatic nitrogens is 2. The highest BCUT2D eigenvalue weighted by atomic mass is 32.1. The van der Waals surface area contributed by atoms with Crippen LogP contribution in [0.3, 0.4) is 0 Å². The highest BCUT2D eigenvalue weighted by Gasteiger charge is 2.33. The normalized spacial score (nSPS) is 11.2. The third-order valence-electron chi connectivity index (χ3n) is 5.83. The van der Waals surface area contributed by atoms with Gasteiger partial charge >= 0.3 is 0 Å². The number of thiazole rings is 1. The standard InChI is InChI=1S/C27H22N2O7S/c1-4-35-19-12-16(9-10-17(19)31)22-21(23(32)20-11-15-7-5-6-8-18(15)36-20)24(33)26(34)29(22)27-28-13(2)25(37-27)14(3)30/h5-12,31,33-34H,4H2,1-3H3. The lowest BCUT2D eigenvalue weighted by Crippen LogP contribution is -2.04. The number of ketones is 2. The Morgan fingerprint density at radius 1 is 1.11 bits per heavy atom. The molecule has 0 fully saturated rings. The molecule has 0 bridgehead atoms. The maximum absolute atomic E-state index is 13.8. The minimum atomic E-state index is -0.677. The molecule has 0 aliphatic heterocycles. The number of para-hydroxylation sites is 1. The smallest absolute Gasteiger partial charge is 0.242 e. The molecule has 0 aliphatic carbocycles. The zero-order chi connectivity index (χ0) is 26.4. The van der Waals surface area contributed by atoms with Crippen molar-refractivity contribution in [2.75, 3.05) is 6.61 Å². The molecule has 0 unspecified atom stereocenters. The Bertz CT molecular complexity index is 1660. The summed E-state index contributed by atoms with van der Waals surface area (Å²) in [5.74, 6) is -2.21. The van der Waals surface area contributed by atoms with E-state index in [0.717, 1.165) is 11.3 Å². The minimum Gasteiger partial charge on any atom is -0.504 e. The Morgan fingerprint density at radius 3 is 2.54 bits per heavy atom. The number of carbonyl (C=O) groups is 2. The van der Waals surface area contributed by atoms with Crippen molar-refractivity contribution in [1.29, 1.82) is 0 Å². The van der Waals surface area contributed by atoms with E-state index in [4.69, 9.17) is 9.15 Å². The summed E-state index contributed by atoms with van der Waals surface area (Å²) >= 11 is 1.01. The predicted molar refractivity (Wildman–Crippen MR) is 137 cm³/mol. The lowest BCUT2D eigenvalue weighted by Gasteiger charge is -2.12. The molecule has 3 aromatic heterocycles. The summed E-state index contributed by atoms with van der Waals surface area (Å²) in [7, 11) is 0. The molecular weight excluding hydrogens is 496 g/mol. The molecule has 9 nitrogen and oxygen atoms in total. The summed E-state index contributed by atoms with van der Waals surface area (Å²) in [6.45, 7) is 5.09. The molecule has 0 radical (unpaired) electrons. The van der Waals surface area contributed by atoms with Crippen LogP contribution in [-0.2, 0) is 0 Å². The molecule has 10 heteroatoms. The van der Waals surface area contributed by atoms with Crippen LogP contribution in [0.1, 0.15) is 45.3 Å². The van der Waals surface area contributed by atoms with Crippen LogP contribution in [0.15, 0.2) is 52.9 Å². The molecule has 37 heavy (non-hydrogen) atoms. The number of Topliss-reactive ketones (excluding diaryl/α,β-unsaturated/α-hetero) is 1. The first-order valence-corrected chi connectivity index (χ1v) is 12.2. The maximum Gasteiger partial charge on any atom is 0.242 e. The second-order valence-corrected chi connectivity index (χ2v) is 9.27. The van der Waals surface area contributed by atoms with Crippen molar-refractivity contribution >= 4 is 33.9 Å². The third-order valence-corrected chi connectivity index (χ3v) is 7.07. The number of fused-ring (bicyclic) bond motifs is 1. The van der Waals surface area contributed by atoms with Crippen molar-refractivity contribution in [3.63, 3.8) is 0 Å².